The molecule has 1 aromatic carbocycles. The summed E-state index contributed by atoms with van der Waals surface area (Å²) >= 11 is 6.29. The number of benzene rings is 1. The summed E-state index contributed by atoms with van der Waals surface area (Å²) in [6, 6.07) is 5.85. The van der Waals surface area contributed by atoms with E-state index in [0.29, 0.717) is 44.2 Å². The zero-order chi connectivity index (χ0) is 22.1. The number of aromatic nitrogens is 2. The third-order valence-electron chi connectivity index (χ3n) is 6.32. The number of carbonyl (C=O) groups is 2. The molecule has 0 aliphatic carbocycles. The number of halogens is 1. The molecule has 0 saturated carbocycles. The number of amides is 2. The lowest BCUT2D eigenvalue weighted by atomic mass is 10.1. The molecule has 0 N–H and O–H groups in total. The van der Waals surface area contributed by atoms with Gasteiger partial charge in [0.25, 0.3) is 5.91 Å². The second-order valence-electron chi connectivity index (χ2n) is 8.38. The third-order valence-corrected chi connectivity index (χ3v) is 6.73. The van der Waals surface area contributed by atoms with Crippen LogP contribution in [0.5, 0.6) is 0 Å². The first-order chi connectivity index (χ1) is 14.8. The van der Waals surface area contributed by atoms with Gasteiger partial charge in [-0.05, 0) is 51.3 Å². The number of nitrogens with zero attached hydrogens (tertiary/aromatic N) is 4. The summed E-state index contributed by atoms with van der Waals surface area (Å²) in [7, 11) is 0. The Morgan fingerprint density at radius 3 is 2.48 bits per heavy atom. The van der Waals surface area contributed by atoms with Crippen molar-refractivity contribution in [3.8, 4) is 5.69 Å². The number of piperazine rings is 1. The Morgan fingerprint density at radius 2 is 1.84 bits per heavy atom. The summed E-state index contributed by atoms with van der Waals surface area (Å²) in [6.07, 6.45) is 1.74. The number of carbonyl (C=O) groups excluding carboxylic acids is 2. The van der Waals surface area contributed by atoms with Crippen LogP contribution in [0, 0.1) is 20.8 Å². The number of aryl methyl sites for hydroxylation is 2. The molecule has 2 saturated heterocycles. The molecular weight excluding hydrogens is 416 g/mol. The van der Waals surface area contributed by atoms with Crippen LogP contribution in [0.15, 0.2) is 18.2 Å². The molecule has 1 atom stereocenters. The fourth-order valence-corrected chi connectivity index (χ4v) is 4.49. The second kappa shape index (κ2) is 9.01. The molecular formula is C23H29ClN4O3. The van der Waals surface area contributed by atoms with Gasteiger partial charge in [-0.25, -0.2) is 4.68 Å². The van der Waals surface area contributed by atoms with Crippen molar-refractivity contribution in [3.05, 3.63) is 45.7 Å². The standard InChI is InChI=1S/C23H29ClN4O3/c1-15-6-7-18(13-20(15)24)28-17(3)19(16(2)25-28)14-22(29)26-8-10-27(11-9-26)23(30)21-5-4-12-31-21/h6-7,13,21H,4-5,8-12,14H2,1-3H3. The van der Waals surface area contributed by atoms with Gasteiger partial charge in [0.15, 0.2) is 0 Å². The van der Waals surface area contributed by atoms with Crippen LogP contribution in [-0.2, 0) is 20.7 Å². The Hall–Kier alpha value is -2.38. The zero-order valence-electron chi connectivity index (χ0n) is 18.4. The van der Waals surface area contributed by atoms with Crippen molar-refractivity contribution in [2.24, 2.45) is 0 Å². The smallest absolute Gasteiger partial charge is 0.251 e. The maximum absolute atomic E-state index is 13.0. The average Bonchev–Trinajstić information content (AvgIpc) is 3.40. The number of ether oxygens (including phenoxy) is 1. The van der Waals surface area contributed by atoms with Gasteiger partial charge in [0, 0.05) is 49.1 Å². The van der Waals surface area contributed by atoms with Gasteiger partial charge in [-0.15, -0.1) is 0 Å². The molecule has 8 heteroatoms. The maximum Gasteiger partial charge on any atom is 0.251 e. The lowest BCUT2D eigenvalue weighted by molar-refractivity contribution is -0.145. The van der Waals surface area contributed by atoms with Crippen molar-refractivity contribution in [1.82, 2.24) is 19.6 Å². The quantitative estimate of drug-likeness (QED) is 0.727. The number of hydrogen-bond donors (Lipinski definition) is 0. The molecule has 2 aromatic rings. The summed E-state index contributed by atoms with van der Waals surface area (Å²) < 4.78 is 7.36. The lowest BCUT2D eigenvalue weighted by Gasteiger charge is -2.35. The van der Waals surface area contributed by atoms with E-state index < -0.39 is 0 Å². The fraction of sp³-hybridized carbons (Fsp3) is 0.522. The Morgan fingerprint density at radius 1 is 1.13 bits per heavy atom. The zero-order valence-corrected chi connectivity index (χ0v) is 19.1. The molecule has 0 radical (unpaired) electrons. The predicted molar refractivity (Wildman–Crippen MR) is 119 cm³/mol. The first-order valence-corrected chi connectivity index (χ1v) is 11.2. The van der Waals surface area contributed by atoms with Crippen molar-refractivity contribution < 1.29 is 14.3 Å². The highest BCUT2D eigenvalue weighted by Crippen LogP contribution is 2.24. The predicted octanol–water partition coefficient (Wildman–Crippen LogP) is 2.84. The van der Waals surface area contributed by atoms with Crippen LogP contribution in [-0.4, -0.2) is 70.3 Å². The van der Waals surface area contributed by atoms with Crippen molar-refractivity contribution in [2.45, 2.75) is 46.1 Å². The van der Waals surface area contributed by atoms with E-state index in [1.807, 2.05) is 53.5 Å². The van der Waals surface area contributed by atoms with Crippen LogP contribution in [0.4, 0.5) is 0 Å². The number of rotatable bonds is 4. The molecule has 31 heavy (non-hydrogen) atoms. The average molecular weight is 445 g/mol. The van der Waals surface area contributed by atoms with Gasteiger partial charge in [0.05, 0.1) is 17.8 Å². The van der Waals surface area contributed by atoms with Crippen LogP contribution in [0.25, 0.3) is 5.69 Å². The van der Waals surface area contributed by atoms with E-state index in [2.05, 4.69) is 5.10 Å². The normalized spacial score (nSPS) is 19.2. The molecule has 1 aromatic heterocycles. The molecule has 4 rings (SSSR count). The second-order valence-corrected chi connectivity index (χ2v) is 8.79. The highest BCUT2D eigenvalue weighted by molar-refractivity contribution is 6.31. The van der Waals surface area contributed by atoms with E-state index in [1.165, 1.54) is 0 Å². The topological polar surface area (TPSA) is 67.7 Å². The van der Waals surface area contributed by atoms with E-state index in [0.717, 1.165) is 41.0 Å². The summed E-state index contributed by atoms with van der Waals surface area (Å²) in [5.41, 5.74) is 4.63. The van der Waals surface area contributed by atoms with Crippen molar-refractivity contribution in [1.29, 1.82) is 0 Å². The SMILES string of the molecule is Cc1ccc(-n2nc(C)c(CC(=O)N3CCN(C(=O)C4CCCO4)CC3)c2C)cc1Cl. The summed E-state index contributed by atoms with van der Waals surface area (Å²) in [6.45, 7) is 8.76. The summed E-state index contributed by atoms with van der Waals surface area (Å²) in [4.78, 5) is 29.2. The van der Waals surface area contributed by atoms with Gasteiger partial charge >= 0.3 is 0 Å². The first kappa shape index (κ1) is 21.8. The van der Waals surface area contributed by atoms with Gasteiger partial charge in [-0.3, -0.25) is 9.59 Å². The van der Waals surface area contributed by atoms with Crippen LogP contribution in [0.2, 0.25) is 5.02 Å². The molecule has 166 valence electrons. The van der Waals surface area contributed by atoms with Gasteiger partial charge in [0.1, 0.15) is 6.10 Å². The summed E-state index contributed by atoms with van der Waals surface area (Å²) in [5, 5.41) is 5.34. The Bertz CT molecular complexity index is 989. The molecule has 1 unspecified atom stereocenters. The molecule has 2 fully saturated rings. The fourth-order valence-electron chi connectivity index (χ4n) is 4.31. The highest BCUT2D eigenvalue weighted by atomic mass is 35.5. The Labute approximate surface area is 187 Å². The minimum atomic E-state index is -0.298. The molecule has 0 bridgehead atoms. The highest BCUT2D eigenvalue weighted by Gasteiger charge is 2.31. The van der Waals surface area contributed by atoms with Crippen molar-refractivity contribution in [2.75, 3.05) is 32.8 Å². The summed E-state index contributed by atoms with van der Waals surface area (Å²) in [5.74, 6) is 0.131. The van der Waals surface area contributed by atoms with Crippen LogP contribution in [0.3, 0.4) is 0 Å². The molecule has 0 spiro atoms. The first-order valence-electron chi connectivity index (χ1n) is 10.8. The van der Waals surface area contributed by atoms with E-state index in [4.69, 9.17) is 16.3 Å². The molecule has 2 aliphatic rings. The van der Waals surface area contributed by atoms with Crippen LogP contribution in [0.1, 0.15) is 35.4 Å². The molecule has 2 amide bonds. The van der Waals surface area contributed by atoms with Gasteiger partial charge in [-0.1, -0.05) is 17.7 Å². The Balaban J connectivity index is 1.40. The molecule has 7 nitrogen and oxygen atoms in total. The van der Waals surface area contributed by atoms with E-state index in [1.54, 1.807) is 0 Å². The maximum atomic E-state index is 13.0. The monoisotopic (exact) mass is 444 g/mol. The van der Waals surface area contributed by atoms with E-state index >= 15 is 0 Å². The van der Waals surface area contributed by atoms with Crippen molar-refractivity contribution >= 4 is 23.4 Å². The number of hydrogen-bond acceptors (Lipinski definition) is 4. The largest absolute Gasteiger partial charge is 0.368 e. The van der Waals surface area contributed by atoms with E-state index in [9.17, 15) is 9.59 Å². The van der Waals surface area contributed by atoms with Crippen LogP contribution >= 0.6 is 11.6 Å². The van der Waals surface area contributed by atoms with Crippen molar-refractivity contribution in [3.63, 3.8) is 0 Å². The van der Waals surface area contributed by atoms with Crippen LogP contribution < -0.4 is 0 Å². The van der Waals surface area contributed by atoms with Gasteiger partial charge < -0.3 is 14.5 Å². The minimum absolute atomic E-state index is 0.0642. The Kier molecular flexibility index (Phi) is 6.34. The third kappa shape index (κ3) is 4.48. The van der Waals surface area contributed by atoms with E-state index in [-0.39, 0.29) is 17.9 Å². The van der Waals surface area contributed by atoms with Gasteiger partial charge in [0.2, 0.25) is 5.91 Å². The molecule has 3 heterocycles. The lowest BCUT2D eigenvalue weighted by Crippen LogP contribution is -2.53. The minimum Gasteiger partial charge on any atom is -0.368 e. The molecule has 2 aliphatic heterocycles. The van der Waals surface area contributed by atoms with Gasteiger partial charge in [-0.2, -0.15) is 5.10 Å².